The molecule has 0 unspecified atom stereocenters. The van der Waals surface area contributed by atoms with E-state index >= 15 is 0 Å². The summed E-state index contributed by atoms with van der Waals surface area (Å²) in [4.78, 5) is 6.03. The Bertz CT molecular complexity index is 708. The summed E-state index contributed by atoms with van der Waals surface area (Å²) in [6, 6.07) is 17.0. The molecule has 0 amide bonds. The van der Waals surface area contributed by atoms with Crippen LogP contribution >= 0.6 is 0 Å². The molecule has 1 saturated carbocycles. The molecule has 0 N–H and O–H groups in total. The van der Waals surface area contributed by atoms with E-state index in [4.69, 9.17) is 4.84 Å². The summed E-state index contributed by atoms with van der Waals surface area (Å²) >= 11 is 0. The van der Waals surface area contributed by atoms with Gasteiger partial charge in [0.05, 0.1) is 17.8 Å². The van der Waals surface area contributed by atoms with Crippen LogP contribution in [-0.2, 0) is 4.84 Å². The second kappa shape index (κ2) is 4.99. The number of anilines is 1. The molecule has 2 aliphatic rings. The molecule has 2 aromatic rings. The number of nitrogens with zero attached hydrogens (tertiary/aromatic N) is 1. The van der Waals surface area contributed by atoms with Crippen molar-refractivity contribution >= 4 is 11.3 Å². The first-order chi connectivity index (χ1) is 10.7. The summed E-state index contributed by atoms with van der Waals surface area (Å²) < 4.78 is 0. The van der Waals surface area contributed by atoms with Crippen LogP contribution in [0.1, 0.15) is 29.5 Å². The quantitative estimate of drug-likeness (QED) is 0.797. The van der Waals surface area contributed by atoms with E-state index in [0.717, 1.165) is 18.5 Å². The van der Waals surface area contributed by atoms with Gasteiger partial charge in [0, 0.05) is 0 Å². The summed E-state index contributed by atoms with van der Waals surface area (Å²) in [6.07, 6.45) is 4.59. The molecule has 1 spiro atoms. The topological polar surface area (TPSA) is 12.5 Å². The Hall–Kier alpha value is -2.06. The van der Waals surface area contributed by atoms with E-state index in [1.54, 1.807) is 0 Å². The lowest BCUT2D eigenvalue weighted by molar-refractivity contribution is 0.107. The zero-order valence-corrected chi connectivity index (χ0v) is 13.2. The number of para-hydroxylation sites is 1. The maximum atomic E-state index is 6.03. The summed E-state index contributed by atoms with van der Waals surface area (Å²) in [7, 11) is 0. The molecule has 1 fully saturated rings. The van der Waals surface area contributed by atoms with Crippen LogP contribution in [0.25, 0.3) is 5.57 Å². The highest BCUT2D eigenvalue weighted by Crippen LogP contribution is 2.55. The monoisotopic (exact) mass is 291 g/mol. The maximum Gasteiger partial charge on any atom is 0.0937 e. The molecule has 0 bridgehead atoms. The smallest absolute Gasteiger partial charge is 0.0937 e. The number of hydroxylamine groups is 1. The molecule has 1 aliphatic heterocycles. The molecule has 2 nitrogen and oxygen atoms in total. The van der Waals surface area contributed by atoms with Crippen molar-refractivity contribution in [3.63, 3.8) is 0 Å². The minimum absolute atomic E-state index is 0.0243. The highest BCUT2D eigenvalue weighted by Gasteiger charge is 2.54. The highest BCUT2D eigenvalue weighted by molar-refractivity contribution is 5.83. The van der Waals surface area contributed by atoms with Gasteiger partial charge in [-0.3, -0.25) is 4.84 Å². The van der Waals surface area contributed by atoms with Gasteiger partial charge in [0.25, 0.3) is 0 Å². The van der Waals surface area contributed by atoms with Gasteiger partial charge in [0.15, 0.2) is 0 Å². The van der Waals surface area contributed by atoms with Crippen LogP contribution in [0.15, 0.2) is 54.6 Å². The summed E-state index contributed by atoms with van der Waals surface area (Å²) in [5, 5.41) is 2.15. The summed E-state index contributed by atoms with van der Waals surface area (Å²) in [6.45, 7) is 5.06. The van der Waals surface area contributed by atoms with Gasteiger partial charge < -0.3 is 0 Å². The van der Waals surface area contributed by atoms with Crippen molar-refractivity contribution in [2.45, 2.75) is 32.2 Å². The fraction of sp³-hybridized carbons (Fsp3) is 0.300. The van der Waals surface area contributed by atoms with Crippen molar-refractivity contribution in [3.8, 4) is 0 Å². The number of aryl methyl sites for hydroxylation is 2. The molecule has 0 atom stereocenters. The maximum absolute atomic E-state index is 6.03. The highest BCUT2D eigenvalue weighted by atomic mass is 16.7. The molecular formula is C20H21NO. The predicted octanol–water partition coefficient (Wildman–Crippen LogP) is 4.67. The number of hydrogen-bond acceptors (Lipinski definition) is 2. The standard InChI is InChI=1S/C20H21NO/c1-15-7-6-8-16(2)19(15)18-11-14-22-21(20(18)12-13-20)17-9-4-3-5-10-17/h3-11H,12-14H2,1-2H3. The minimum atomic E-state index is 0.0243. The third-order valence-corrected chi connectivity index (χ3v) is 4.85. The van der Waals surface area contributed by atoms with E-state index in [-0.39, 0.29) is 5.54 Å². The summed E-state index contributed by atoms with van der Waals surface area (Å²) in [5.41, 5.74) is 6.73. The second-order valence-electron chi connectivity index (χ2n) is 6.34. The van der Waals surface area contributed by atoms with Gasteiger partial charge in [-0.25, -0.2) is 5.06 Å². The molecule has 4 rings (SSSR count). The average molecular weight is 291 g/mol. The van der Waals surface area contributed by atoms with Crippen LogP contribution in [-0.4, -0.2) is 12.1 Å². The van der Waals surface area contributed by atoms with Gasteiger partial charge in [-0.1, -0.05) is 42.5 Å². The van der Waals surface area contributed by atoms with Crippen molar-refractivity contribution in [3.05, 3.63) is 71.3 Å². The van der Waals surface area contributed by atoms with Crippen LogP contribution in [0.4, 0.5) is 5.69 Å². The summed E-state index contributed by atoms with van der Waals surface area (Å²) in [5.74, 6) is 0. The van der Waals surface area contributed by atoms with Gasteiger partial charge >= 0.3 is 0 Å². The van der Waals surface area contributed by atoms with Crippen LogP contribution in [0, 0.1) is 13.8 Å². The van der Waals surface area contributed by atoms with Gasteiger partial charge in [0.2, 0.25) is 0 Å². The van der Waals surface area contributed by atoms with Crippen molar-refractivity contribution in [2.24, 2.45) is 0 Å². The van der Waals surface area contributed by atoms with Crippen LogP contribution in [0.2, 0.25) is 0 Å². The second-order valence-corrected chi connectivity index (χ2v) is 6.34. The lowest BCUT2D eigenvalue weighted by Crippen LogP contribution is -2.42. The molecule has 1 aliphatic carbocycles. The lowest BCUT2D eigenvalue weighted by Gasteiger charge is -2.38. The predicted molar refractivity (Wildman–Crippen MR) is 90.7 cm³/mol. The first-order valence-electron chi connectivity index (χ1n) is 7.98. The number of hydrogen-bond donors (Lipinski definition) is 0. The third-order valence-electron chi connectivity index (χ3n) is 4.85. The zero-order chi connectivity index (χ0) is 15.2. The largest absolute Gasteiger partial charge is 0.268 e. The molecule has 1 heterocycles. The fourth-order valence-electron chi connectivity index (χ4n) is 3.67. The van der Waals surface area contributed by atoms with Crippen LogP contribution < -0.4 is 5.06 Å². The van der Waals surface area contributed by atoms with E-state index in [1.165, 1.54) is 22.3 Å². The SMILES string of the molecule is Cc1cccc(C)c1C1=CCON(c2ccccc2)C12CC2. The molecule has 2 heteroatoms. The normalized spacial score (nSPS) is 19.2. The van der Waals surface area contributed by atoms with E-state index in [0.29, 0.717) is 6.61 Å². The number of rotatable bonds is 2. The Labute approximate surface area is 132 Å². The molecule has 2 aromatic carbocycles. The Balaban J connectivity index is 1.81. The Kier molecular flexibility index (Phi) is 3.08. The molecular weight excluding hydrogens is 270 g/mol. The zero-order valence-electron chi connectivity index (χ0n) is 13.2. The van der Waals surface area contributed by atoms with E-state index in [2.05, 4.69) is 73.5 Å². The minimum Gasteiger partial charge on any atom is -0.268 e. The molecule has 112 valence electrons. The Morgan fingerprint density at radius 3 is 2.23 bits per heavy atom. The van der Waals surface area contributed by atoms with Gasteiger partial charge in [-0.05, 0) is 61.1 Å². The Morgan fingerprint density at radius 2 is 1.59 bits per heavy atom. The molecule has 0 radical (unpaired) electrons. The fourth-order valence-corrected chi connectivity index (χ4v) is 3.67. The number of benzene rings is 2. The third kappa shape index (κ3) is 1.98. The van der Waals surface area contributed by atoms with Crippen molar-refractivity contribution < 1.29 is 4.84 Å². The molecule has 0 saturated heterocycles. The first-order valence-corrected chi connectivity index (χ1v) is 7.98. The first kappa shape index (κ1) is 13.6. The molecule has 22 heavy (non-hydrogen) atoms. The van der Waals surface area contributed by atoms with Crippen LogP contribution in [0.5, 0.6) is 0 Å². The van der Waals surface area contributed by atoms with E-state index in [1.807, 2.05) is 0 Å². The van der Waals surface area contributed by atoms with Crippen molar-refractivity contribution in [2.75, 3.05) is 11.7 Å². The van der Waals surface area contributed by atoms with Gasteiger partial charge in [-0.15, -0.1) is 0 Å². The van der Waals surface area contributed by atoms with Crippen molar-refractivity contribution in [1.29, 1.82) is 0 Å². The Morgan fingerprint density at radius 1 is 0.909 bits per heavy atom. The van der Waals surface area contributed by atoms with E-state index < -0.39 is 0 Å². The lowest BCUT2D eigenvalue weighted by atomic mass is 9.88. The van der Waals surface area contributed by atoms with Crippen LogP contribution in [0.3, 0.4) is 0 Å². The van der Waals surface area contributed by atoms with E-state index in [9.17, 15) is 0 Å². The molecule has 0 aromatic heterocycles. The van der Waals surface area contributed by atoms with Gasteiger partial charge in [0.1, 0.15) is 0 Å². The average Bonchev–Trinajstić information content (AvgIpc) is 3.31. The van der Waals surface area contributed by atoms with Gasteiger partial charge in [-0.2, -0.15) is 0 Å². The van der Waals surface area contributed by atoms with Crippen molar-refractivity contribution in [1.82, 2.24) is 0 Å².